The molecule has 11 heteroatoms. The lowest BCUT2D eigenvalue weighted by Crippen LogP contribution is -2.48. The molecule has 2 amide bonds. The Labute approximate surface area is 212 Å². The molecule has 2 aliphatic heterocycles. The van der Waals surface area contributed by atoms with Crippen LogP contribution in [0.5, 0.6) is 23.0 Å². The van der Waals surface area contributed by atoms with E-state index in [1.54, 1.807) is 38.1 Å². The van der Waals surface area contributed by atoms with Crippen molar-refractivity contribution < 1.29 is 42.4 Å². The number of methoxy groups -OCH3 is 1. The molecule has 0 unspecified atom stereocenters. The number of ether oxygens (including phenoxy) is 4. The molecule has 9 nitrogen and oxygen atoms in total. The summed E-state index contributed by atoms with van der Waals surface area (Å²) in [7, 11) is 1.51. The first-order chi connectivity index (χ1) is 17.4. The number of alkyl halides is 2. The molecule has 2 heterocycles. The fourth-order valence-corrected chi connectivity index (χ4v) is 4.60. The fourth-order valence-electron chi connectivity index (χ4n) is 4.60. The molecule has 1 aliphatic carbocycles. The van der Waals surface area contributed by atoms with Crippen molar-refractivity contribution in [3.63, 3.8) is 0 Å². The fraction of sp³-hybridized carbons (Fsp3) is 0.462. The van der Waals surface area contributed by atoms with Gasteiger partial charge in [-0.15, -0.1) is 8.78 Å². The van der Waals surface area contributed by atoms with Gasteiger partial charge < -0.3 is 34.7 Å². The Kier molecular flexibility index (Phi) is 5.93. The minimum Gasteiger partial charge on any atom is -0.497 e. The summed E-state index contributed by atoms with van der Waals surface area (Å²) in [6, 6.07) is 8.97. The first-order valence-electron chi connectivity index (χ1n) is 12.0. The molecule has 2 aromatic rings. The van der Waals surface area contributed by atoms with Gasteiger partial charge in [0, 0.05) is 24.6 Å². The van der Waals surface area contributed by atoms with Crippen molar-refractivity contribution in [1.29, 1.82) is 0 Å². The van der Waals surface area contributed by atoms with E-state index in [0.717, 1.165) is 0 Å². The molecular formula is C26H28F2N2O7. The Morgan fingerprint density at radius 2 is 1.84 bits per heavy atom. The van der Waals surface area contributed by atoms with Gasteiger partial charge in [0.05, 0.1) is 24.2 Å². The number of aliphatic hydroxyl groups is 1. The van der Waals surface area contributed by atoms with Crippen molar-refractivity contribution in [2.45, 2.75) is 62.6 Å². The average molecular weight is 519 g/mol. The maximum atomic E-state index is 13.6. The van der Waals surface area contributed by atoms with Gasteiger partial charge in [0.2, 0.25) is 5.91 Å². The van der Waals surface area contributed by atoms with E-state index in [-0.39, 0.29) is 30.4 Å². The molecule has 0 aromatic heterocycles. The van der Waals surface area contributed by atoms with E-state index in [9.17, 15) is 23.5 Å². The molecule has 198 valence electrons. The minimum atomic E-state index is -3.74. The summed E-state index contributed by atoms with van der Waals surface area (Å²) < 4.78 is 47.2. The summed E-state index contributed by atoms with van der Waals surface area (Å²) in [6.07, 6.45) is -3.44. The van der Waals surface area contributed by atoms with Gasteiger partial charge in [-0.2, -0.15) is 0 Å². The van der Waals surface area contributed by atoms with Crippen molar-refractivity contribution >= 4 is 11.8 Å². The third-order valence-corrected chi connectivity index (χ3v) is 6.75. The zero-order valence-electron chi connectivity index (χ0n) is 20.6. The summed E-state index contributed by atoms with van der Waals surface area (Å²) in [5.74, 6) is 0.00702. The average Bonchev–Trinajstić information content (AvgIpc) is 3.58. The highest BCUT2D eigenvalue weighted by Crippen LogP contribution is 2.52. The van der Waals surface area contributed by atoms with Crippen LogP contribution < -0.4 is 29.6 Å². The van der Waals surface area contributed by atoms with Crippen LogP contribution in [-0.2, 0) is 15.0 Å². The second kappa shape index (κ2) is 8.76. The van der Waals surface area contributed by atoms with Gasteiger partial charge in [-0.1, -0.05) is 6.07 Å². The molecule has 3 N–H and O–H groups in total. The predicted molar refractivity (Wildman–Crippen MR) is 126 cm³/mol. The normalized spacial score (nSPS) is 22.3. The third kappa shape index (κ3) is 5.00. The van der Waals surface area contributed by atoms with E-state index in [4.69, 9.17) is 9.47 Å². The van der Waals surface area contributed by atoms with E-state index in [1.807, 2.05) is 0 Å². The lowest BCUT2D eigenvalue weighted by Gasteiger charge is -2.33. The molecule has 37 heavy (non-hydrogen) atoms. The van der Waals surface area contributed by atoms with Gasteiger partial charge >= 0.3 is 6.29 Å². The Balaban J connectivity index is 1.37. The summed E-state index contributed by atoms with van der Waals surface area (Å²) in [6.45, 7) is 3.18. The number of carbonyl (C=O) groups is 2. The predicted octanol–water partition coefficient (Wildman–Crippen LogP) is 2.94. The van der Waals surface area contributed by atoms with Crippen LogP contribution in [0.15, 0.2) is 36.4 Å². The van der Waals surface area contributed by atoms with Gasteiger partial charge in [0.25, 0.3) is 5.91 Å². The maximum Gasteiger partial charge on any atom is 0.586 e. The number of rotatable bonds is 7. The Hall–Kier alpha value is -3.60. The van der Waals surface area contributed by atoms with Gasteiger partial charge in [0.1, 0.15) is 11.5 Å². The number of hydrogen-bond acceptors (Lipinski definition) is 7. The molecule has 1 fully saturated rings. The van der Waals surface area contributed by atoms with Crippen molar-refractivity contribution in [2.24, 2.45) is 0 Å². The topological polar surface area (TPSA) is 115 Å². The zero-order valence-corrected chi connectivity index (χ0v) is 20.6. The Morgan fingerprint density at radius 1 is 1.11 bits per heavy atom. The monoisotopic (exact) mass is 518 g/mol. The molecule has 0 radical (unpaired) electrons. The molecule has 2 atom stereocenters. The van der Waals surface area contributed by atoms with E-state index < -0.39 is 35.4 Å². The summed E-state index contributed by atoms with van der Waals surface area (Å²) in [5, 5.41) is 15.7. The lowest BCUT2D eigenvalue weighted by atomic mass is 9.91. The number of halogens is 2. The van der Waals surface area contributed by atoms with Crippen LogP contribution in [0.3, 0.4) is 0 Å². The highest BCUT2D eigenvalue weighted by atomic mass is 19.3. The minimum absolute atomic E-state index is 0.0277. The van der Waals surface area contributed by atoms with Gasteiger partial charge in [-0.05, 0) is 56.5 Å². The van der Waals surface area contributed by atoms with E-state index >= 15 is 0 Å². The smallest absolute Gasteiger partial charge is 0.497 e. The van der Waals surface area contributed by atoms with Crippen LogP contribution in [0, 0.1) is 0 Å². The third-order valence-electron chi connectivity index (χ3n) is 6.75. The van der Waals surface area contributed by atoms with Gasteiger partial charge in [-0.25, -0.2) is 0 Å². The van der Waals surface area contributed by atoms with Crippen LogP contribution in [0.4, 0.5) is 8.78 Å². The SMILES string of the molecule is COc1ccc2c(c1)O[C@@H](C(=O)NCC(C)(C)O)C[C@@H]2NC(=O)C1(c2ccc3c(c2)OC(F)(F)O3)CC1. The number of carbonyl (C=O) groups excluding carboxylic acids is 2. The van der Waals surface area contributed by atoms with E-state index in [1.165, 1.54) is 19.2 Å². The van der Waals surface area contributed by atoms with Gasteiger partial charge in [-0.3, -0.25) is 9.59 Å². The van der Waals surface area contributed by atoms with Crippen molar-refractivity contribution in [3.8, 4) is 23.0 Å². The molecular weight excluding hydrogens is 490 g/mol. The largest absolute Gasteiger partial charge is 0.586 e. The first-order valence-corrected chi connectivity index (χ1v) is 12.0. The number of hydrogen-bond donors (Lipinski definition) is 3. The van der Waals surface area contributed by atoms with Crippen LogP contribution >= 0.6 is 0 Å². The molecule has 1 saturated carbocycles. The molecule has 3 aliphatic rings. The molecule has 0 spiro atoms. The first kappa shape index (κ1) is 25.1. The van der Waals surface area contributed by atoms with E-state index in [2.05, 4.69) is 20.1 Å². The van der Waals surface area contributed by atoms with Crippen molar-refractivity contribution in [3.05, 3.63) is 47.5 Å². The Morgan fingerprint density at radius 3 is 2.51 bits per heavy atom. The summed E-state index contributed by atoms with van der Waals surface area (Å²) >= 11 is 0. The van der Waals surface area contributed by atoms with E-state index in [0.29, 0.717) is 35.5 Å². The highest BCUT2D eigenvalue weighted by molar-refractivity contribution is 5.92. The van der Waals surface area contributed by atoms with Gasteiger partial charge in [0.15, 0.2) is 17.6 Å². The van der Waals surface area contributed by atoms with Crippen LogP contribution in [0.2, 0.25) is 0 Å². The second-order valence-corrected chi connectivity index (χ2v) is 10.2. The van der Waals surface area contributed by atoms with Crippen LogP contribution in [0.1, 0.15) is 50.3 Å². The number of fused-ring (bicyclic) bond motifs is 2. The standard InChI is InChI=1S/C26H28F2N2O7/c1-24(2,33)13-29-22(31)21-12-17(16-6-5-15(34-3)11-19(16)35-21)30-23(32)25(8-9-25)14-4-7-18-20(10-14)37-26(27,28)36-18/h4-7,10-11,17,21,33H,8-9,12-13H2,1-3H3,(H,29,31)(H,30,32)/t17-,21+/m0/s1. The maximum absolute atomic E-state index is 13.6. The summed E-state index contributed by atoms with van der Waals surface area (Å²) in [5.41, 5.74) is -0.778. The number of nitrogens with one attached hydrogen (secondary N) is 2. The highest BCUT2D eigenvalue weighted by Gasteiger charge is 2.53. The number of amides is 2. The van der Waals surface area contributed by atoms with Crippen LogP contribution in [0.25, 0.3) is 0 Å². The quantitative estimate of drug-likeness (QED) is 0.516. The molecule has 5 rings (SSSR count). The molecule has 0 bridgehead atoms. The van der Waals surface area contributed by atoms with Crippen molar-refractivity contribution in [1.82, 2.24) is 10.6 Å². The molecule has 2 aromatic carbocycles. The lowest BCUT2D eigenvalue weighted by molar-refractivity contribution is -0.286. The Bertz CT molecular complexity index is 1240. The van der Waals surface area contributed by atoms with Crippen molar-refractivity contribution in [2.75, 3.05) is 13.7 Å². The van der Waals surface area contributed by atoms with Crippen LogP contribution in [-0.4, -0.2) is 48.6 Å². The second-order valence-electron chi connectivity index (χ2n) is 10.2. The molecule has 0 saturated heterocycles. The number of benzene rings is 2. The zero-order chi connectivity index (χ0) is 26.6. The summed E-state index contributed by atoms with van der Waals surface area (Å²) in [4.78, 5) is 26.4.